The van der Waals surface area contributed by atoms with Gasteiger partial charge in [-0.1, -0.05) is 12.1 Å². The predicted molar refractivity (Wildman–Crippen MR) is 71.1 cm³/mol. The average molecular weight is 243 g/mol. The van der Waals surface area contributed by atoms with E-state index in [9.17, 15) is 4.79 Å². The highest BCUT2D eigenvalue weighted by atomic mass is 16.5. The summed E-state index contributed by atoms with van der Waals surface area (Å²) in [5.41, 5.74) is 2.30. The van der Waals surface area contributed by atoms with Crippen molar-refractivity contribution in [2.75, 3.05) is 7.11 Å². The average Bonchev–Trinajstić information content (AvgIpc) is 2.82. The summed E-state index contributed by atoms with van der Waals surface area (Å²) in [6, 6.07) is 6.06. The number of ketones is 1. The SMILES string of the molecule is COc1cccc2c(C3CCCC(=O)C3)c[nH]c12. The molecule has 1 aliphatic rings. The molecule has 1 N–H and O–H groups in total. The first-order valence-corrected chi connectivity index (χ1v) is 6.45. The lowest BCUT2D eigenvalue weighted by Gasteiger charge is -2.20. The van der Waals surface area contributed by atoms with E-state index < -0.39 is 0 Å². The van der Waals surface area contributed by atoms with E-state index in [0.717, 1.165) is 30.5 Å². The second-order valence-electron chi connectivity index (χ2n) is 4.96. The van der Waals surface area contributed by atoms with Crippen LogP contribution in [0.1, 0.15) is 37.2 Å². The number of Topliss-reactive ketones (excluding diaryl/α,β-unsaturated/α-hetero) is 1. The van der Waals surface area contributed by atoms with Crippen molar-refractivity contribution in [3.8, 4) is 5.75 Å². The maximum absolute atomic E-state index is 11.6. The van der Waals surface area contributed by atoms with E-state index in [1.54, 1.807) is 7.11 Å². The molecule has 0 radical (unpaired) electrons. The molecular formula is C15H17NO2. The molecule has 1 aliphatic carbocycles. The van der Waals surface area contributed by atoms with Crippen molar-refractivity contribution in [1.82, 2.24) is 4.98 Å². The number of aromatic amines is 1. The fraction of sp³-hybridized carbons (Fsp3) is 0.400. The molecule has 1 fully saturated rings. The number of fused-ring (bicyclic) bond motifs is 1. The lowest BCUT2D eigenvalue weighted by Crippen LogP contribution is -2.12. The first-order valence-electron chi connectivity index (χ1n) is 6.45. The summed E-state index contributed by atoms with van der Waals surface area (Å²) in [6.45, 7) is 0. The third-order valence-corrected chi connectivity index (χ3v) is 3.85. The molecule has 0 saturated heterocycles. The fourth-order valence-electron chi connectivity index (χ4n) is 2.95. The number of aromatic nitrogens is 1. The Balaban J connectivity index is 2.04. The first-order chi connectivity index (χ1) is 8.79. The van der Waals surface area contributed by atoms with Crippen LogP contribution in [0.5, 0.6) is 5.75 Å². The summed E-state index contributed by atoms with van der Waals surface area (Å²) in [6.07, 6.45) is 5.60. The van der Waals surface area contributed by atoms with Crippen LogP contribution in [0.15, 0.2) is 24.4 Å². The van der Waals surface area contributed by atoms with Crippen LogP contribution in [0, 0.1) is 0 Å². The molecule has 3 nitrogen and oxygen atoms in total. The minimum Gasteiger partial charge on any atom is -0.495 e. The zero-order valence-electron chi connectivity index (χ0n) is 10.5. The van der Waals surface area contributed by atoms with Gasteiger partial charge in [-0.3, -0.25) is 4.79 Å². The van der Waals surface area contributed by atoms with E-state index in [2.05, 4.69) is 11.1 Å². The summed E-state index contributed by atoms with van der Waals surface area (Å²) in [7, 11) is 1.68. The van der Waals surface area contributed by atoms with E-state index >= 15 is 0 Å². The Hall–Kier alpha value is -1.77. The molecule has 0 spiro atoms. The topological polar surface area (TPSA) is 42.1 Å². The van der Waals surface area contributed by atoms with Crippen molar-refractivity contribution >= 4 is 16.7 Å². The van der Waals surface area contributed by atoms with Crippen LogP contribution in [0.25, 0.3) is 10.9 Å². The van der Waals surface area contributed by atoms with Gasteiger partial charge in [-0.2, -0.15) is 0 Å². The molecule has 3 heteroatoms. The summed E-state index contributed by atoms with van der Waals surface area (Å²) < 4.78 is 5.35. The highest BCUT2D eigenvalue weighted by Crippen LogP contribution is 2.37. The van der Waals surface area contributed by atoms with Crippen LogP contribution in [0.3, 0.4) is 0 Å². The van der Waals surface area contributed by atoms with Crippen molar-refractivity contribution in [3.63, 3.8) is 0 Å². The third kappa shape index (κ3) is 1.80. The van der Waals surface area contributed by atoms with E-state index in [4.69, 9.17) is 4.74 Å². The number of nitrogens with one attached hydrogen (secondary N) is 1. The molecule has 1 aromatic carbocycles. The van der Waals surface area contributed by atoms with Gasteiger partial charge in [0.15, 0.2) is 0 Å². The van der Waals surface area contributed by atoms with Gasteiger partial charge < -0.3 is 9.72 Å². The van der Waals surface area contributed by atoms with Gasteiger partial charge in [-0.15, -0.1) is 0 Å². The number of H-pyrrole nitrogens is 1. The van der Waals surface area contributed by atoms with Gasteiger partial charge in [0, 0.05) is 24.4 Å². The zero-order valence-corrected chi connectivity index (χ0v) is 10.5. The second kappa shape index (κ2) is 4.48. The quantitative estimate of drug-likeness (QED) is 0.878. The molecule has 0 amide bonds. The molecule has 1 atom stereocenters. The van der Waals surface area contributed by atoms with Crippen LogP contribution in [0.4, 0.5) is 0 Å². The number of hydrogen-bond donors (Lipinski definition) is 1. The van der Waals surface area contributed by atoms with Crippen LogP contribution in [0.2, 0.25) is 0 Å². The number of ether oxygens (including phenoxy) is 1. The number of benzene rings is 1. The molecule has 0 aliphatic heterocycles. The smallest absolute Gasteiger partial charge is 0.142 e. The second-order valence-corrected chi connectivity index (χ2v) is 4.96. The molecule has 1 unspecified atom stereocenters. The lowest BCUT2D eigenvalue weighted by atomic mass is 9.83. The Morgan fingerprint density at radius 2 is 2.28 bits per heavy atom. The van der Waals surface area contributed by atoms with Crippen LogP contribution in [-0.2, 0) is 4.79 Å². The minimum absolute atomic E-state index is 0.368. The maximum Gasteiger partial charge on any atom is 0.142 e. The van der Waals surface area contributed by atoms with Gasteiger partial charge in [-0.25, -0.2) is 0 Å². The number of carbonyl (C=O) groups is 1. The van der Waals surface area contributed by atoms with Gasteiger partial charge in [0.2, 0.25) is 0 Å². The van der Waals surface area contributed by atoms with Gasteiger partial charge in [0.1, 0.15) is 11.5 Å². The largest absolute Gasteiger partial charge is 0.495 e. The minimum atomic E-state index is 0.368. The van der Waals surface area contributed by atoms with Gasteiger partial charge in [0.05, 0.1) is 12.6 Å². The normalized spacial score (nSPS) is 20.3. The summed E-state index contributed by atoms with van der Waals surface area (Å²) in [5.74, 6) is 1.62. The molecule has 18 heavy (non-hydrogen) atoms. The van der Waals surface area contributed by atoms with Crippen LogP contribution < -0.4 is 4.74 Å². The molecule has 1 saturated carbocycles. The fourth-order valence-corrected chi connectivity index (χ4v) is 2.95. The number of rotatable bonds is 2. The molecule has 3 rings (SSSR count). The van der Waals surface area contributed by atoms with Crippen molar-refractivity contribution in [2.24, 2.45) is 0 Å². The number of methoxy groups -OCH3 is 1. The van der Waals surface area contributed by atoms with Gasteiger partial charge in [-0.05, 0) is 30.4 Å². The highest BCUT2D eigenvalue weighted by Gasteiger charge is 2.23. The van der Waals surface area contributed by atoms with E-state index in [-0.39, 0.29) is 0 Å². The Bertz CT molecular complexity index is 585. The predicted octanol–water partition coefficient (Wildman–Crippen LogP) is 3.40. The molecular weight excluding hydrogens is 226 g/mol. The van der Waals surface area contributed by atoms with E-state index in [1.165, 1.54) is 10.9 Å². The van der Waals surface area contributed by atoms with E-state index in [1.807, 2.05) is 18.3 Å². The Kier molecular flexibility index (Phi) is 2.82. The van der Waals surface area contributed by atoms with Crippen LogP contribution >= 0.6 is 0 Å². The summed E-state index contributed by atoms with van der Waals surface area (Å²) >= 11 is 0. The molecule has 1 aromatic heterocycles. The molecule has 2 aromatic rings. The maximum atomic E-state index is 11.6. The third-order valence-electron chi connectivity index (χ3n) is 3.85. The number of hydrogen-bond acceptors (Lipinski definition) is 2. The van der Waals surface area contributed by atoms with Crippen molar-refractivity contribution in [1.29, 1.82) is 0 Å². The summed E-state index contributed by atoms with van der Waals surface area (Å²) in [5, 5.41) is 1.19. The molecule has 0 bridgehead atoms. The Morgan fingerprint density at radius 1 is 1.39 bits per heavy atom. The molecule has 1 heterocycles. The van der Waals surface area contributed by atoms with Gasteiger partial charge in [0.25, 0.3) is 0 Å². The van der Waals surface area contributed by atoms with Crippen molar-refractivity contribution in [3.05, 3.63) is 30.0 Å². The lowest BCUT2D eigenvalue weighted by molar-refractivity contribution is -0.120. The zero-order chi connectivity index (χ0) is 12.5. The van der Waals surface area contributed by atoms with Crippen molar-refractivity contribution < 1.29 is 9.53 Å². The highest BCUT2D eigenvalue weighted by molar-refractivity contribution is 5.90. The van der Waals surface area contributed by atoms with Crippen molar-refractivity contribution in [2.45, 2.75) is 31.6 Å². The number of para-hydroxylation sites is 1. The monoisotopic (exact) mass is 243 g/mol. The number of carbonyl (C=O) groups excluding carboxylic acids is 1. The van der Waals surface area contributed by atoms with Crippen LogP contribution in [-0.4, -0.2) is 17.9 Å². The molecule has 94 valence electrons. The Morgan fingerprint density at radius 3 is 3.06 bits per heavy atom. The standard InChI is InChI=1S/C15H17NO2/c1-18-14-7-3-6-12-13(9-16-15(12)14)10-4-2-5-11(17)8-10/h3,6-7,9-10,16H,2,4-5,8H2,1H3. The van der Waals surface area contributed by atoms with Gasteiger partial charge >= 0.3 is 0 Å². The summed E-state index contributed by atoms with van der Waals surface area (Å²) in [4.78, 5) is 14.9. The first kappa shape index (κ1) is 11.3. The Labute approximate surface area is 106 Å². The van der Waals surface area contributed by atoms with E-state index in [0.29, 0.717) is 18.1 Å².